The molecule has 134 valence electrons. The fourth-order valence-electron chi connectivity index (χ4n) is 3.88. The summed E-state index contributed by atoms with van der Waals surface area (Å²) in [6.07, 6.45) is 3.45. The Balaban J connectivity index is 1.29. The van der Waals surface area contributed by atoms with Crippen LogP contribution >= 0.6 is 23.5 Å². The standard InChI is InChI=1S/C19H25N2O2S2/c1-2-15(22)17-18(23)21-12-16(25-19(17)21)24-14-8-9-20(11-14)10-13-6-4-3-5-7-13/h3-7,12,14-17,19,22H,2,8-11H2,1H3/q+1/t14-,15-,16?,17+,19+/m0/s1. The lowest BCUT2D eigenvalue weighted by Crippen LogP contribution is -2.56. The molecule has 4 rings (SSSR count). The third kappa shape index (κ3) is 3.54. The van der Waals surface area contributed by atoms with Gasteiger partial charge in [-0.2, -0.15) is 4.58 Å². The average Bonchev–Trinajstić information content (AvgIpc) is 3.21. The van der Waals surface area contributed by atoms with Crippen LogP contribution in [0.5, 0.6) is 0 Å². The molecule has 0 aliphatic carbocycles. The lowest BCUT2D eigenvalue weighted by Gasteiger charge is -2.29. The van der Waals surface area contributed by atoms with E-state index in [0.717, 1.165) is 19.6 Å². The Morgan fingerprint density at radius 1 is 1.40 bits per heavy atom. The second-order valence-electron chi connectivity index (χ2n) is 7.06. The Morgan fingerprint density at radius 2 is 2.20 bits per heavy atom. The van der Waals surface area contributed by atoms with Gasteiger partial charge in [0.05, 0.1) is 6.10 Å². The zero-order chi connectivity index (χ0) is 17.4. The first-order chi connectivity index (χ1) is 12.2. The first-order valence-corrected chi connectivity index (χ1v) is 11.0. The summed E-state index contributed by atoms with van der Waals surface area (Å²) in [5.74, 6) is -0.0953. The Bertz CT molecular complexity index is 667. The normalized spacial score (nSPS) is 33.0. The molecule has 1 unspecified atom stereocenters. The van der Waals surface area contributed by atoms with E-state index in [1.54, 1.807) is 0 Å². The van der Waals surface area contributed by atoms with Gasteiger partial charge in [0.1, 0.15) is 4.58 Å². The van der Waals surface area contributed by atoms with E-state index in [1.165, 1.54) is 12.0 Å². The van der Waals surface area contributed by atoms with Gasteiger partial charge in [0.15, 0.2) is 12.1 Å². The predicted octanol–water partition coefficient (Wildman–Crippen LogP) is 2.40. The van der Waals surface area contributed by atoms with Crippen LogP contribution in [0.15, 0.2) is 30.3 Å². The number of aliphatic hydroxyl groups is 1. The minimum absolute atomic E-state index is 0.104. The number of amides is 1. The molecule has 6 heteroatoms. The van der Waals surface area contributed by atoms with Gasteiger partial charge in [-0.3, -0.25) is 4.90 Å². The number of β-lactam (4-membered cyclic amide) rings is 1. The summed E-state index contributed by atoms with van der Waals surface area (Å²) in [6, 6.07) is 10.6. The molecule has 1 aromatic carbocycles. The number of hydrogen-bond acceptors (Lipinski definition) is 5. The van der Waals surface area contributed by atoms with Gasteiger partial charge in [-0.05, 0) is 24.9 Å². The van der Waals surface area contributed by atoms with Crippen molar-refractivity contribution in [3.63, 3.8) is 0 Å². The van der Waals surface area contributed by atoms with Crippen molar-refractivity contribution in [1.82, 2.24) is 4.90 Å². The molecule has 2 fully saturated rings. The number of nitrogens with zero attached hydrogens (tertiary/aromatic N) is 2. The van der Waals surface area contributed by atoms with Crippen molar-refractivity contribution < 1.29 is 14.5 Å². The lowest BCUT2D eigenvalue weighted by molar-refractivity contribution is -0.519. The topological polar surface area (TPSA) is 43.5 Å². The molecule has 1 N–H and O–H groups in total. The first kappa shape index (κ1) is 17.6. The van der Waals surface area contributed by atoms with Gasteiger partial charge in [0.2, 0.25) is 5.37 Å². The molecule has 4 nitrogen and oxygen atoms in total. The van der Waals surface area contributed by atoms with Gasteiger partial charge in [-0.1, -0.05) is 49.0 Å². The van der Waals surface area contributed by atoms with Gasteiger partial charge in [-0.15, -0.1) is 11.8 Å². The van der Waals surface area contributed by atoms with E-state index in [1.807, 2.05) is 35.0 Å². The molecule has 25 heavy (non-hydrogen) atoms. The highest BCUT2D eigenvalue weighted by Crippen LogP contribution is 2.45. The molecule has 1 aromatic rings. The van der Waals surface area contributed by atoms with Crippen LogP contribution in [0.1, 0.15) is 25.3 Å². The molecule has 0 bridgehead atoms. The number of benzene rings is 1. The van der Waals surface area contributed by atoms with Crippen molar-refractivity contribution in [3.8, 4) is 0 Å². The quantitative estimate of drug-likeness (QED) is 0.609. The molecule has 1 amide bonds. The molecule has 2 saturated heterocycles. The SMILES string of the molecule is CC[C@H](O)[C@@H]1C(=O)[N+]2=CC(S[C@H]3CCN(Cc4ccccc4)C3)S[C@H]12. The van der Waals surface area contributed by atoms with E-state index in [4.69, 9.17) is 0 Å². The molecule has 3 aliphatic rings. The molecule has 5 atom stereocenters. The van der Waals surface area contributed by atoms with Crippen LogP contribution in [-0.2, 0) is 11.3 Å². The van der Waals surface area contributed by atoms with Crippen LogP contribution in [0, 0.1) is 5.92 Å². The molecule has 0 radical (unpaired) electrons. The number of carbonyl (C=O) groups excluding carboxylic acids is 1. The Hall–Kier alpha value is -0.820. The van der Waals surface area contributed by atoms with Crippen molar-refractivity contribution >= 4 is 35.6 Å². The highest BCUT2D eigenvalue weighted by atomic mass is 32.2. The number of hydrogen-bond donors (Lipinski definition) is 1. The van der Waals surface area contributed by atoms with Crippen molar-refractivity contribution in [3.05, 3.63) is 35.9 Å². The highest BCUT2D eigenvalue weighted by molar-refractivity contribution is 8.18. The molecule has 0 spiro atoms. The van der Waals surface area contributed by atoms with Crippen LogP contribution in [-0.4, -0.2) is 61.1 Å². The number of aliphatic hydroxyl groups excluding tert-OH is 1. The summed E-state index contributed by atoms with van der Waals surface area (Å²) in [5, 5.41) is 10.8. The molecule has 0 aromatic heterocycles. The van der Waals surface area contributed by atoms with Crippen LogP contribution < -0.4 is 0 Å². The number of likely N-dealkylation sites (tertiary alicyclic amines) is 1. The van der Waals surface area contributed by atoms with E-state index in [2.05, 4.69) is 41.4 Å². The molecule has 3 aliphatic heterocycles. The third-order valence-electron chi connectivity index (χ3n) is 5.31. The third-order valence-corrected chi connectivity index (χ3v) is 8.33. The van der Waals surface area contributed by atoms with Crippen LogP contribution in [0.25, 0.3) is 0 Å². The van der Waals surface area contributed by atoms with Crippen LogP contribution in [0.2, 0.25) is 0 Å². The van der Waals surface area contributed by atoms with E-state index in [9.17, 15) is 9.90 Å². The van der Waals surface area contributed by atoms with Crippen LogP contribution in [0.4, 0.5) is 0 Å². The number of fused-ring (bicyclic) bond motifs is 1. The second-order valence-corrected chi connectivity index (χ2v) is 10.1. The average molecular weight is 378 g/mol. The Morgan fingerprint density at radius 3 is 2.96 bits per heavy atom. The minimum atomic E-state index is -0.494. The monoisotopic (exact) mass is 377 g/mol. The van der Waals surface area contributed by atoms with Crippen LogP contribution in [0.3, 0.4) is 0 Å². The fourth-order valence-corrected chi connectivity index (χ4v) is 7.32. The summed E-state index contributed by atoms with van der Waals surface area (Å²) < 4.78 is 2.19. The maximum atomic E-state index is 12.2. The maximum absolute atomic E-state index is 12.2. The van der Waals surface area contributed by atoms with Crippen molar-refractivity contribution in [2.24, 2.45) is 5.92 Å². The minimum Gasteiger partial charge on any atom is -0.392 e. The van der Waals surface area contributed by atoms with Gasteiger partial charge in [-0.25, -0.2) is 4.79 Å². The summed E-state index contributed by atoms with van der Waals surface area (Å²) in [4.78, 5) is 14.7. The largest absolute Gasteiger partial charge is 0.401 e. The fraction of sp³-hybridized carbons (Fsp3) is 0.579. The van der Waals surface area contributed by atoms with Gasteiger partial charge in [0.25, 0.3) is 0 Å². The van der Waals surface area contributed by atoms with E-state index in [0.29, 0.717) is 16.3 Å². The van der Waals surface area contributed by atoms with Gasteiger partial charge in [0, 0.05) is 18.3 Å². The summed E-state index contributed by atoms with van der Waals surface area (Å²) in [6.45, 7) is 5.23. The van der Waals surface area contributed by atoms with E-state index < -0.39 is 6.10 Å². The van der Waals surface area contributed by atoms with Crippen molar-refractivity contribution in [1.29, 1.82) is 0 Å². The number of rotatable bonds is 6. The lowest BCUT2D eigenvalue weighted by atomic mass is 9.92. The molecule has 3 heterocycles. The van der Waals surface area contributed by atoms with Gasteiger partial charge < -0.3 is 5.11 Å². The van der Waals surface area contributed by atoms with Crippen molar-refractivity contribution in [2.45, 2.75) is 47.6 Å². The predicted molar refractivity (Wildman–Crippen MR) is 104 cm³/mol. The molecular formula is C19H25N2O2S2+. The number of carbonyl (C=O) groups is 1. The highest BCUT2D eigenvalue weighted by Gasteiger charge is 2.62. The summed E-state index contributed by atoms with van der Waals surface area (Å²) >= 11 is 3.83. The van der Waals surface area contributed by atoms with Crippen molar-refractivity contribution in [2.75, 3.05) is 13.1 Å². The molecule has 0 saturated carbocycles. The summed E-state index contributed by atoms with van der Waals surface area (Å²) in [7, 11) is 0. The zero-order valence-corrected chi connectivity index (χ0v) is 16.1. The molecular weight excluding hydrogens is 352 g/mol. The summed E-state index contributed by atoms with van der Waals surface area (Å²) in [5.41, 5.74) is 1.38. The van der Waals surface area contributed by atoms with E-state index >= 15 is 0 Å². The zero-order valence-electron chi connectivity index (χ0n) is 14.5. The maximum Gasteiger partial charge on any atom is 0.401 e. The second kappa shape index (κ2) is 7.43. The van der Waals surface area contributed by atoms with E-state index in [-0.39, 0.29) is 17.2 Å². The smallest absolute Gasteiger partial charge is 0.392 e. The van der Waals surface area contributed by atoms with Gasteiger partial charge >= 0.3 is 5.91 Å². The number of thioether (sulfide) groups is 2. The first-order valence-electron chi connectivity index (χ1n) is 9.08. The Kier molecular flexibility index (Phi) is 5.23. The Labute approximate surface area is 157 Å².